The summed E-state index contributed by atoms with van der Waals surface area (Å²) in [4.78, 5) is 11.6. The molecule has 3 nitrogen and oxygen atoms in total. The summed E-state index contributed by atoms with van der Waals surface area (Å²) in [5.41, 5.74) is 5.80. The number of hydrogen-bond acceptors (Lipinski definition) is 2. The van der Waals surface area contributed by atoms with Crippen LogP contribution in [-0.2, 0) is 4.79 Å². The van der Waals surface area contributed by atoms with Crippen molar-refractivity contribution in [1.29, 1.82) is 0 Å². The summed E-state index contributed by atoms with van der Waals surface area (Å²) in [6.45, 7) is 0. The Hall–Kier alpha value is -1.58. The fraction of sp³-hybridized carbons (Fsp3) is 0.500. The second kappa shape index (κ2) is 5.85. The van der Waals surface area contributed by atoms with Crippen molar-refractivity contribution in [2.45, 2.75) is 38.1 Å². The molecule has 1 unspecified atom stereocenters. The largest absolute Gasteiger partial charge is 0.371 e. The highest BCUT2D eigenvalue weighted by Crippen LogP contribution is 2.28. The van der Waals surface area contributed by atoms with Crippen LogP contribution in [0.25, 0.3) is 0 Å². The SMILES string of the molecule is NC(=O)C(Nc1ccccc1F)C1CCCCC1. The van der Waals surface area contributed by atoms with Gasteiger partial charge in [-0.25, -0.2) is 4.39 Å². The summed E-state index contributed by atoms with van der Waals surface area (Å²) >= 11 is 0. The number of hydrogen-bond donors (Lipinski definition) is 2. The van der Waals surface area contributed by atoms with Gasteiger partial charge in [0.15, 0.2) is 0 Å². The summed E-state index contributed by atoms with van der Waals surface area (Å²) in [6, 6.07) is 5.90. The molecule has 0 saturated heterocycles. The first kappa shape index (κ1) is 12.9. The van der Waals surface area contributed by atoms with E-state index in [2.05, 4.69) is 5.32 Å². The van der Waals surface area contributed by atoms with Crippen LogP contribution in [0.15, 0.2) is 24.3 Å². The predicted molar refractivity (Wildman–Crippen MR) is 69.6 cm³/mol. The van der Waals surface area contributed by atoms with Gasteiger partial charge < -0.3 is 11.1 Å². The van der Waals surface area contributed by atoms with E-state index in [0.29, 0.717) is 5.69 Å². The molecule has 0 bridgehead atoms. The summed E-state index contributed by atoms with van der Waals surface area (Å²) in [7, 11) is 0. The summed E-state index contributed by atoms with van der Waals surface area (Å²) in [6.07, 6.45) is 5.41. The Bertz CT molecular complexity index is 416. The zero-order valence-corrected chi connectivity index (χ0v) is 10.4. The molecule has 2 rings (SSSR count). The minimum absolute atomic E-state index is 0.218. The van der Waals surface area contributed by atoms with Gasteiger partial charge in [0.1, 0.15) is 11.9 Å². The molecule has 1 aromatic carbocycles. The van der Waals surface area contributed by atoms with Crippen LogP contribution in [0.5, 0.6) is 0 Å². The lowest BCUT2D eigenvalue weighted by Crippen LogP contribution is -2.42. The third kappa shape index (κ3) is 3.00. The van der Waals surface area contributed by atoms with E-state index < -0.39 is 11.9 Å². The minimum Gasteiger partial charge on any atom is -0.371 e. The molecule has 0 aromatic heterocycles. The van der Waals surface area contributed by atoms with Crippen molar-refractivity contribution < 1.29 is 9.18 Å². The highest BCUT2D eigenvalue weighted by atomic mass is 19.1. The maximum Gasteiger partial charge on any atom is 0.240 e. The van der Waals surface area contributed by atoms with Gasteiger partial charge in [0, 0.05) is 0 Å². The Morgan fingerprint density at radius 3 is 2.56 bits per heavy atom. The van der Waals surface area contributed by atoms with E-state index in [0.717, 1.165) is 25.7 Å². The molecule has 1 saturated carbocycles. The van der Waals surface area contributed by atoms with Crippen LogP contribution in [0.1, 0.15) is 32.1 Å². The van der Waals surface area contributed by atoms with Gasteiger partial charge in [-0.1, -0.05) is 31.4 Å². The molecule has 3 N–H and O–H groups in total. The molecule has 1 amide bonds. The van der Waals surface area contributed by atoms with Crippen LogP contribution in [0.4, 0.5) is 10.1 Å². The number of carbonyl (C=O) groups is 1. The summed E-state index contributed by atoms with van der Waals surface area (Å²) < 4.78 is 13.6. The number of amides is 1. The normalized spacial score (nSPS) is 18.3. The zero-order valence-electron chi connectivity index (χ0n) is 10.4. The topological polar surface area (TPSA) is 55.1 Å². The van der Waals surface area contributed by atoms with Crippen molar-refractivity contribution in [2.24, 2.45) is 11.7 Å². The lowest BCUT2D eigenvalue weighted by atomic mass is 9.83. The van der Waals surface area contributed by atoms with Crippen molar-refractivity contribution in [1.82, 2.24) is 0 Å². The van der Waals surface area contributed by atoms with E-state index in [1.165, 1.54) is 12.5 Å². The molecule has 0 aliphatic heterocycles. The van der Waals surface area contributed by atoms with E-state index in [9.17, 15) is 9.18 Å². The van der Waals surface area contributed by atoms with Crippen LogP contribution in [0.3, 0.4) is 0 Å². The molecule has 4 heteroatoms. The molecule has 1 aromatic rings. The predicted octanol–water partition coefficient (Wildman–Crippen LogP) is 2.67. The zero-order chi connectivity index (χ0) is 13.0. The maximum atomic E-state index is 13.6. The average Bonchev–Trinajstić information content (AvgIpc) is 2.38. The highest BCUT2D eigenvalue weighted by molar-refractivity contribution is 5.83. The second-order valence-corrected chi connectivity index (χ2v) is 4.90. The first-order valence-corrected chi connectivity index (χ1v) is 6.49. The fourth-order valence-electron chi connectivity index (χ4n) is 2.63. The van der Waals surface area contributed by atoms with Crippen LogP contribution >= 0.6 is 0 Å². The number of para-hydroxylation sites is 1. The van der Waals surface area contributed by atoms with E-state index in [-0.39, 0.29) is 11.7 Å². The molecule has 1 aliphatic rings. The molecular formula is C14H19FN2O. The summed E-state index contributed by atoms with van der Waals surface area (Å²) in [5, 5.41) is 2.97. The number of nitrogens with one attached hydrogen (secondary N) is 1. The number of anilines is 1. The van der Waals surface area contributed by atoms with Crippen LogP contribution < -0.4 is 11.1 Å². The van der Waals surface area contributed by atoms with E-state index in [4.69, 9.17) is 5.73 Å². The number of carbonyl (C=O) groups excluding carboxylic acids is 1. The summed E-state index contributed by atoms with van der Waals surface area (Å²) in [5.74, 6) is -0.527. The van der Waals surface area contributed by atoms with Crippen LogP contribution in [0.2, 0.25) is 0 Å². The Morgan fingerprint density at radius 1 is 1.28 bits per heavy atom. The van der Waals surface area contributed by atoms with Crippen molar-refractivity contribution in [3.05, 3.63) is 30.1 Å². The molecule has 98 valence electrons. The highest BCUT2D eigenvalue weighted by Gasteiger charge is 2.28. The van der Waals surface area contributed by atoms with Gasteiger partial charge >= 0.3 is 0 Å². The van der Waals surface area contributed by atoms with Gasteiger partial charge in [0.25, 0.3) is 0 Å². The third-order valence-corrected chi connectivity index (χ3v) is 3.61. The monoisotopic (exact) mass is 250 g/mol. The first-order chi connectivity index (χ1) is 8.68. The number of halogens is 1. The van der Waals surface area contributed by atoms with Crippen molar-refractivity contribution in [3.8, 4) is 0 Å². The van der Waals surface area contributed by atoms with Crippen LogP contribution in [0, 0.1) is 11.7 Å². The lowest BCUT2D eigenvalue weighted by molar-refractivity contribution is -0.120. The molecular weight excluding hydrogens is 231 g/mol. The molecule has 18 heavy (non-hydrogen) atoms. The lowest BCUT2D eigenvalue weighted by Gasteiger charge is -2.29. The quantitative estimate of drug-likeness (QED) is 0.863. The van der Waals surface area contributed by atoms with Crippen LogP contribution in [-0.4, -0.2) is 11.9 Å². The molecule has 1 fully saturated rings. The van der Waals surface area contributed by atoms with Gasteiger partial charge in [-0.2, -0.15) is 0 Å². The number of nitrogens with two attached hydrogens (primary N) is 1. The number of rotatable bonds is 4. The molecule has 1 aliphatic carbocycles. The van der Waals surface area contributed by atoms with Crippen molar-refractivity contribution in [3.63, 3.8) is 0 Å². The van der Waals surface area contributed by atoms with Gasteiger partial charge in [-0.05, 0) is 30.9 Å². The molecule has 1 atom stereocenters. The Morgan fingerprint density at radius 2 is 1.94 bits per heavy atom. The maximum absolute atomic E-state index is 13.6. The minimum atomic E-state index is -0.470. The number of benzene rings is 1. The van der Waals surface area contributed by atoms with Crippen molar-refractivity contribution in [2.75, 3.05) is 5.32 Å². The molecule has 0 heterocycles. The van der Waals surface area contributed by atoms with Gasteiger partial charge in [0.2, 0.25) is 5.91 Å². The Balaban J connectivity index is 2.11. The Labute approximate surface area is 107 Å². The molecule has 0 radical (unpaired) electrons. The number of primary amides is 1. The first-order valence-electron chi connectivity index (χ1n) is 6.49. The smallest absolute Gasteiger partial charge is 0.240 e. The standard InChI is InChI=1S/C14H19FN2O/c15-11-8-4-5-9-12(11)17-13(14(16)18)10-6-2-1-3-7-10/h4-5,8-10,13,17H,1-3,6-7H2,(H2,16,18). The van der Waals surface area contributed by atoms with Gasteiger partial charge in [0.05, 0.1) is 5.69 Å². The second-order valence-electron chi connectivity index (χ2n) is 4.90. The van der Waals surface area contributed by atoms with Crippen molar-refractivity contribution >= 4 is 11.6 Å². The average molecular weight is 250 g/mol. The third-order valence-electron chi connectivity index (χ3n) is 3.61. The fourth-order valence-corrected chi connectivity index (χ4v) is 2.63. The molecule has 0 spiro atoms. The Kier molecular flexibility index (Phi) is 4.18. The van der Waals surface area contributed by atoms with E-state index in [1.54, 1.807) is 18.2 Å². The van der Waals surface area contributed by atoms with Gasteiger partial charge in [-0.15, -0.1) is 0 Å². The van der Waals surface area contributed by atoms with Gasteiger partial charge in [-0.3, -0.25) is 4.79 Å². The van der Waals surface area contributed by atoms with E-state index in [1.807, 2.05) is 0 Å². The van der Waals surface area contributed by atoms with E-state index >= 15 is 0 Å².